The van der Waals surface area contributed by atoms with Crippen LogP contribution in [-0.4, -0.2) is 31.8 Å². The lowest BCUT2D eigenvalue weighted by atomic mass is 10.1. The van der Waals surface area contributed by atoms with E-state index in [9.17, 15) is 9.59 Å². The average Bonchev–Trinajstić information content (AvgIpc) is 2.58. The molecule has 0 bridgehead atoms. The molecular formula is C19H26O5. The summed E-state index contributed by atoms with van der Waals surface area (Å²) in [5.74, 6) is -0.770. The van der Waals surface area contributed by atoms with Gasteiger partial charge < -0.3 is 14.2 Å². The zero-order valence-corrected chi connectivity index (χ0v) is 14.7. The van der Waals surface area contributed by atoms with Gasteiger partial charge in [0.05, 0.1) is 19.8 Å². The molecule has 0 spiro atoms. The molecule has 0 aliphatic heterocycles. The van der Waals surface area contributed by atoms with Crippen LogP contribution in [-0.2, 0) is 19.1 Å². The Labute approximate surface area is 143 Å². The number of esters is 2. The van der Waals surface area contributed by atoms with Gasteiger partial charge in [-0.15, -0.1) is 0 Å². The summed E-state index contributed by atoms with van der Waals surface area (Å²) in [6, 6.07) is 7.26. The van der Waals surface area contributed by atoms with Crippen molar-refractivity contribution in [2.24, 2.45) is 0 Å². The van der Waals surface area contributed by atoms with Crippen molar-refractivity contribution in [1.82, 2.24) is 0 Å². The van der Waals surface area contributed by atoms with Gasteiger partial charge in [0.25, 0.3) is 0 Å². The zero-order chi connectivity index (χ0) is 17.8. The highest BCUT2D eigenvalue weighted by Gasteiger charge is 2.21. The lowest BCUT2D eigenvalue weighted by Crippen LogP contribution is -2.18. The molecule has 5 heteroatoms. The van der Waals surface area contributed by atoms with Crippen molar-refractivity contribution in [1.29, 1.82) is 0 Å². The van der Waals surface area contributed by atoms with Crippen LogP contribution in [0.5, 0.6) is 5.75 Å². The van der Waals surface area contributed by atoms with Gasteiger partial charge in [0, 0.05) is 5.56 Å². The molecule has 1 aromatic carbocycles. The maximum Gasteiger partial charge on any atom is 0.345 e. The minimum Gasteiger partial charge on any atom is -0.493 e. The molecule has 0 saturated carbocycles. The first-order valence-electron chi connectivity index (χ1n) is 8.41. The molecule has 0 atom stereocenters. The number of carbonyl (C=O) groups excluding carboxylic acids is 2. The summed E-state index contributed by atoms with van der Waals surface area (Å²) in [6.07, 6.45) is 4.62. The van der Waals surface area contributed by atoms with Crippen LogP contribution in [0.15, 0.2) is 29.8 Å². The molecule has 1 rings (SSSR count). The molecule has 0 saturated heterocycles. The molecule has 0 heterocycles. The number of unbranched alkanes of at least 4 members (excludes halogenated alkanes) is 2. The van der Waals surface area contributed by atoms with E-state index in [-0.39, 0.29) is 18.8 Å². The molecule has 0 amide bonds. The van der Waals surface area contributed by atoms with Gasteiger partial charge in [-0.3, -0.25) is 0 Å². The maximum absolute atomic E-state index is 12.0. The van der Waals surface area contributed by atoms with E-state index in [1.165, 1.54) is 6.08 Å². The van der Waals surface area contributed by atoms with Gasteiger partial charge in [-0.2, -0.15) is 0 Å². The number of hydrogen-bond acceptors (Lipinski definition) is 5. The van der Waals surface area contributed by atoms with E-state index in [4.69, 9.17) is 14.2 Å². The maximum atomic E-state index is 12.0. The molecule has 5 nitrogen and oxygen atoms in total. The molecule has 1 aromatic rings. The molecule has 132 valence electrons. The van der Waals surface area contributed by atoms with E-state index in [1.807, 2.05) is 18.2 Å². The summed E-state index contributed by atoms with van der Waals surface area (Å²) in [4.78, 5) is 24.1. The molecule has 0 aromatic heterocycles. The van der Waals surface area contributed by atoms with Gasteiger partial charge in [-0.1, -0.05) is 38.0 Å². The number of carbonyl (C=O) groups is 2. The van der Waals surface area contributed by atoms with Crippen LogP contribution in [0.1, 0.15) is 45.6 Å². The lowest BCUT2D eigenvalue weighted by molar-refractivity contribution is -0.146. The van der Waals surface area contributed by atoms with Gasteiger partial charge >= 0.3 is 11.9 Å². The highest BCUT2D eigenvalue weighted by Crippen LogP contribution is 2.22. The topological polar surface area (TPSA) is 61.8 Å². The van der Waals surface area contributed by atoms with Crippen molar-refractivity contribution in [3.63, 3.8) is 0 Å². The Hall–Kier alpha value is -2.30. The van der Waals surface area contributed by atoms with Crippen LogP contribution in [0, 0.1) is 0 Å². The third-order valence-electron chi connectivity index (χ3n) is 3.21. The van der Waals surface area contributed by atoms with Crippen molar-refractivity contribution >= 4 is 18.0 Å². The van der Waals surface area contributed by atoms with Gasteiger partial charge in [-0.25, -0.2) is 9.59 Å². The first-order valence-corrected chi connectivity index (χ1v) is 8.41. The number of benzene rings is 1. The monoisotopic (exact) mass is 334 g/mol. The van der Waals surface area contributed by atoms with Crippen LogP contribution in [0.25, 0.3) is 6.08 Å². The predicted molar refractivity (Wildman–Crippen MR) is 92.7 cm³/mol. The second-order valence-electron chi connectivity index (χ2n) is 5.09. The predicted octanol–water partition coefficient (Wildman–Crippen LogP) is 3.77. The molecule has 0 radical (unpaired) electrons. The summed E-state index contributed by atoms with van der Waals surface area (Å²) >= 11 is 0. The highest BCUT2D eigenvalue weighted by molar-refractivity contribution is 6.17. The van der Waals surface area contributed by atoms with Crippen molar-refractivity contribution in [2.75, 3.05) is 19.8 Å². The Morgan fingerprint density at radius 1 is 0.958 bits per heavy atom. The molecule has 0 aliphatic carbocycles. The summed E-state index contributed by atoms with van der Waals surface area (Å²) in [6.45, 7) is 6.46. The largest absolute Gasteiger partial charge is 0.493 e. The van der Waals surface area contributed by atoms with Crippen LogP contribution in [0.3, 0.4) is 0 Å². The van der Waals surface area contributed by atoms with Crippen LogP contribution < -0.4 is 4.74 Å². The van der Waals surface area contributed by atoms with Crippen LogP contribution in [0.2, 0.25) is 0 Å². The smallest absolute Gasteiger partial charge is 0.345 e. The lowest BCUT2D eigenvalue weighted by Gasteiger charge is -2.11. The summed E-state index contributed by atoms with van der Waals surface area (Å²) < 4.78 is 15.7. The minimum atomic E-state index is -0.697. The van der Waals surface area contributed by atoms with Gasteiger partial charge in [-0.05, 0) is 32.4 Å². The quantitative estimate of drug-likeness (QED) is 0.214. The fourth-order valence-electron chi connectivity index (χ4n) is 2.04. The van der Waals surface area contributed by atoms with E-state index in [0.29, 0.717) is 17.9 Å². The van der Waals surface area contributed by atoms with E-state index >= 15 is 0 Å². The molecule has 0 aliphatic rings. The first-order chi connectivity index (χ1) is 11.6. The van der Waals surface area contributed by atoms with Crippen LogP contribution >= 0.6 is 0 Å². The van der Waals surface area contributed by atoms with Gasteiger partial charge in [0.15, 0.2) is 0 Å². The number of para-hydroxylation sites is 1. The SMILES string of the molecule is CCCCCOc1ccccc1C=C(C(=O)OCC)C(=O)OCC. The first kappa shape index (κ1) is 19.7. The van der Waals surface area contributed by atoms with Crippen molar-refractivity contribution < 1.29 is 23.8 Å². The molecule has 24 heavy (non-hydrogen) atoms. The van der Waals surface area contributed by atoms with Gasteiger partial charge in [0.1, 0.15) is 11.3 Å². The van der Waals surface area contributed by atoms with Crippen molar-refractivity contribution in [3.05, 3.63) is 35.4 Å². The summed E-state index contributed by atoms with van der Waals surface area (Å²) in [7, 11) is 0. The Morgan fingerprint density at radius 3 is 2.17 bits per heavy atom. The fraction of sp³-hybridized carbons (Fsp3) is 0.474. The fourth-order valence-corrected chi connectivity index (χ4v) is 2.04. The summed E-state index contributed by atoms with van der Waals surface area (Å²) in [5, 5.41) is 0. The number of rotatable bonds is 10. The third-order valence-corrected chi connectivity index (χ3v) is 3.21. The average molecular weight is 334 g/mol. The third kappa shape index (κ3) is 6.44. The molecule has 0 unspecified atom stereocenters. The van der Waals surface area contributed by atoms with E-state index in [1.54, 1.807) is 19.9 Å². The standard InChI is InChI=1S/C19H26O5/c1-4-7-10-13-24-17-12-9-8-11-15(17)14-16(18(20)22-5-2)19(21)23-6-3/h8-9,11-12,14H,4-7,10,13H2,1-3H3. The Bertz CT molecular complexity index is 543. The van der Waals surface area contributed by atoms with E-state index in [0.717, 1.165) is 19.3 Å². The second-order valence-corrected chi connectivity index (χ2v) is 5.09. The van der Waals surface area contributed by atoms with E-state index in [2.05, 4.69) is 6.92 Å². The number of ether oxygens (including phenoxy) is 3. The van der Waals surface area contributed by atoms with Crippen molar-refractivity contribution in [2.45, 2.75) is 40.0 Å². The van der Waals surface area contributed by atoms with Crippen LogP contribution in [0.4, 0.5) is 0 Å². The second kappa shape index (κ2) is 11.3. The Morgan fingerprint density at radius 2 is 1.58 bits per heavy atom. The molecule has 0 N–H and O–H groups in total. The zero-order valence-electron chi connectivity index (χ0n) is 14.7. The molecule has 0 fully saturated rings. The van der Waals surface area contributed by atoms with Gasteiger partial charge in [0.2, 0.25) is 0 Å². The Kier molecular flexibility index (Phi) is 9.27. The minimum absolute atomic E-state index is 0.136. The number of hydrogen-bond donors (Lipinski definition) is 0. The van der Waals surface area contributed by atoms with E-state index < -0.39 is 11.9 Å². The summed E-state index contributed by atoms with van der Waals surface area (Å²) in [5.41, 5.74) is 0.508. The Balaban J connectivity index is 3.03. The normalized spacial score (nSPS) is 9.96. The highest BCUT2D eigenvalue weighted by atomic mass is 16.6. The van der Waals surface area contributed by atoms with Crippen molar-refractivity contribution in [3.8, 4) is 5.75 Å². The molecular weight excluding hydrogens is 308 g/mol.